The summed E-state index contributed by atoms with van der Waals surface area (Å²) < 4.78 is 19.1. The molecule has 2 aliphatic heterocycles. The summed E-state index contributed by atoms with van der Waals surface area (Å²) in [6, 6.07) is 5.88. The van der Waals surface area contributed by atoms with Crippen molar-refractivity contribution in [1.29, 1.82) is 0 Å². The summed E-state index contributed by atoms with van der Waals surface area (Å²) in [5.41, 5.74) is 0.855. The summed E-state index contributed by atoms with van der Waals surface area (Å²) in [7, 11) is 2.19. The summed E-state index contributed by atoms with van der Waals surface area (Å²) in [6.45, 7) is 5.53. The molecule has 2 saturated heterocycles. The van der Waals surface area contributed by atoms with Gasteiger partial charge in [-0.25, -0.2) is 4.39 Å². The first-order chi connectivity index (χ1) is 12.6. The molecule has 4 rings (SSSR count). The lowest BCUT2D eigenvalue weighted by Gasteiger charge is -2.42. The summed E-state index contributed by atoms with van der Waals surface area (Å²) in [6.07, 6.45) is 4.72. The topological polar surface area (TPSA) is 32.8 Å². The van der Waals surface area contributed by atoms with Gasteiger partial charge in [0.1, 0.15) is 5.82 Å². The van der Waals surface area contributed by atoms with Crippen LogP contribution in [0.15, 0.2) is 24.3 Å². The zero-order valence-corrected chi connectivity index (χ0v) is 15.6. The van der Waals surface area contributed by atoms with Crippen LogP contribution in [0.5, 0.6) is 0 Å². The molecule has 1 saturated carbocycles. The molecule has 0 N–H and O–H groups in total. The Morgan fingerprint density at radius 3 is 2.54 bits per heavy atom. The van der Waals surface area contributed by atoms with Crippen molar-refractivity contribution < 1.29 is 13.9 Å². The van der Waals surface area contributed by atoms with Crippen molar-refractivity contribution in [2.45, 2.75) is 25.7 Å². The van der Waals surface area contributed by atoms with E-state index in [0.29, 0.717) is 11.5 Å². The van der Waals surface area contributed by atoms with Gasteiger partial charge in [-0.1, -0.05) is 0 Å². The molecule has 0 bridgehead atoms. The van der Waals surface area contributed by atoms with Crippen LogP contribution >= 0.6 is 0 Å². The van der Waals surface area contributed by atoms with Crippen LogP contribution < -0.4 is 0 Å². The van der Waals surface area contributed by atoms with Crippen molar-refractivity contribution in [3.63, 3.8) is 0 Å². The van der Waals surface area contributed by atoms with Crippen LogP contribution in [-0.4, -0.2) is 62.1 Å². The first kappa shape index (κ1) is 17.9. The number of amides is 1. The Labute approximate surface area is 155 Å². The number of ether oxygens (including phenoxy) is 1. The molecule has 0 aromatic heterocycles. The van der Waals surface area contributed by atoms with Gasteiger partial charge in [0.25, 0.3) is 5.91 Å². The van der Waals surface area contributed by atoms with E-state index >= 15 is 0 Å². The van der Waals surface area contributed by atoms with E-state index in [-0.39, 0.29) is 17.1 Å². The standard InChI is InChI=1S/C21H29FN2O2/c1-23-12-18(14-26-13-16-2-3-16)21(15-23)8-10-24(11-9-21)20(25)17-4-6-19(22)7-5-17/h4-7,16,18H,2-3,8-15H2,1H3. The number of benzene rings is 1. The molecule has 142 valence electrons. The summed E-state index contributed by atoms with van der Waals surface area (Å²) in [5.74, 6) is 1.09. The predicted molar refractivity (Wildman–Crippen MR) is 98.5 cm³/mol. The Bertz CT molecular complexity index is 636. The molecule has 1 aromatic rings. The molecule has 5 heteroatoms. The van der Waals surface area contributed by atoms with Gasteiger partial charge in [-0.3, -0.25) is 4.79 Å². The minimum atomic E-state index is -0.304. The van der Waals surface area contributed by atoms with Gasteiger partial charge in [0.15, 0.2) is 0 Å². The molecule has 26 heavy (non-hydrogen) atoms. The van der Waals surface area contributed by atoms with Crippen LogP contribution in [-0.2, 0) is 4.74 Å². The van der Waals surface area contributed by atoms with Crippen LogP contribution in [0, 0.1) is 23.1 Å². The Morgan fingerprint density at radius 2 is 1.88 bits per heavy atom. The number of hydrogen-bond acceptors (Lipinski definition) is 3. The summed E-state index contributed by atoms with van der Waals surface area (Å²) in [4.78, 5) is 17.0. The van der Waals surface area contributed by atoms with Crippen LogP contribution in [0.3, 0.4) is 0 Å². The van der Waals surface area contributed by atoms with E-state index in [1.807, 2.05) is 4.90 Å². The second kappa shape index (κ2) is 7.28. The van der Waals surface area contributed by atoms with Crippen molar-refractivity contribution >= 4 is 5.91 Å². The third-order valence-electron chi connectivity index (χ3n) is 6.49. The van der Waals surface area contributed by atoms with E-state index in [4.69, 9.17) is 4.74 Å². The van der Waals surface area contributed by atoms with Gasteiger partial charge in [0.2, 0.25) is 0 Å². The quantitative estimate of drug-likeness (QED) is 0.809. The second-order valence-corrected chi connectivity index (χ2v) is 8.54. The van der Waals surface area contributed by atoms with Crippen molar-refractivity contribution in [1.82, 2.24) is 9.80 Å². The van der Waals surface area contributed by atoms with Crippen LogP contribution in [0.2, 0.25) is 0 Å². The first-order valence-corrected chi connectivity index (χ1v) is 9.87. The molecule has 1 aromatic carbocycles. The first-order valence-electron chi connectivity index (χ1n) is 9.87. The second-order valence-electron chi connectivity index (χ2n) is 8.54. The minimum Gasteiger partial charge on any atom is -0.381 e. The number of piperidine rings is 1. The van der Waals surface area contributed by atoms with Crippen molar-refractivity contribution in [2.24, 2.45) is 17.3 Å². The highest BCUT2D eigenvalue weighted by molar-refractivity contribution is 5.94. The fourth-order valence-corrected chi connectivity index (χ4v) is 4.69. The van der Waals surface area contributed by atoms with Crippen molar-refractivity contribution in [2.75, 3.05) is 46.4 Å². The van der Waals surface area contributed by atoms with Gasteiger partial charge in [0.05, 0.1) is 6.61 Å². The Hall–Kier alpha value is -1.46. The Kier molecular flexibility index (Phi) is 5.02. The lowest BCUT2D eigenvalue weighted by atomic mass is 9.71. The molecular formula is C21H29FN2O2. The number of halogens is 1. The normalized spacial score (nSPS) is 25.8. The monoisotopic (exact) mass is 360 g/mol. The number of carbonyl (C=O) groups excluding carboxylic acids is 1. The number of hydrogen-bond donors (Lipinski definition) is 0. The molecule has 1 amide bonds. The number of likely N-dealkylation sites (tertiary alicyclic amines) is 2. The Balaban J connectivity index is 1.35. The molecule has 1 aliphatic carbocycles. The maximum absolute atomic E-state index is 13.1. The molecule has 1 spiro atoms. The van der Waals surface area contributed by atoms with Crippen LogP contribution in [0.25, 0.3) is 0 Å². The SMILES string of the molecule is CN1CC(COCC2CC2)C2(CCN(C(=O)c3ccc(F)cc3)CC2)C1. The van der Waals surface area contributed by atoms with Gasteiger partial charge in [-0.2, -0.15) is 0 Å². The lowest BCUT2D eigenvalue weighted by molar-refractivity contribution is 0.0180. The van der Waals surface area contributed by atoms with Crippen LogP contribution in [0.1, 0.15) is 36.0 Å². The highest BCUT2D eigenvalue weighted by atomic mass is 19.1. The van der Waals surface area contributed by atoms with Gasteiger partial charge in [-0.05, 0) is 68.3 Å². The number of nitrogens with zero attached hydrogens (tertiary/aromatic N) is 2. The van der Waals surface area contributed by atoms with Crippen LogP contribution in [0.4, 0.5) is 4.39 Å². The van der Waals surface area contributed by atoms with E-state index in [0.717, 1.165) is 58.2 Å². The van der Waals surface area contributed by atoms with Crippen molar-refractivity contribution in [3.8, 4) is 0 Å². The largest absolute Gasteiger partial charge is 0.381 e. The lowest BCUT2D eigenvalue weighted by Crippen LogP contribution is -2.47. The highest BCUT2D eigenvalue weighted by Crippen LogP contribution is 2.44. The minimum absolute atomic E-state index is 0.0211. The van der Waals surface area contributed by atoms with Crippen molar-refractivity contribution in [3.05, 3.63) is 35.6 Å². The predicted octanol–water partition coefficient (Wildman–Crippen LogP) is 3.04. The molecule has 3 fully saturated rings. The Morgan fingerprint density at radius 1 is 1.19 bits per heavy atom. The average Bonchev–Trinajstić information content (AvgIpc) is 3.41. The van der Waals surface area contributed by atoms with E-state index in [1.165, 1.54) is 25.0 Å². The van der Waals surface area contributed by atoms with E-state index < -0.39 is 0 Å². The number of carbonyl (C=O) groups is 1. The summed E-state index contributed by atoms with van der Waals surface area (Å²) >= 11 is 0. The maximum atomic E-state index is 13.1. The fraction of sp³-hybridized carbons (Fsp3) is 0.667. The molecule has 4 nitrogen and oxygen atoms in total. The average molecular weight is 360 g/mol. The molecule has 3 aliphatic rings. The zero-order valence-electron chi connectivity index (χ0n) is 15.6. The van der Waals surface area contributed by atoms with Gasteiger partial charge >= 0.3 is 0 Å². The smallest absolute Gasteiger partial charge is 0.253 e. The molecule has 1 unspecified atom stereocenters. The maximum Gasteiger partial charge on any atom is 0.253 e. The summed E-state index contributed by atoms with van der Waals surface area (Å²) in [5, 5.41) is 0. The third kappa shape index (κ3) is 3.79. The fourth-order valence-electron chi connectivity index (χ4n) is 4.69. The van der Waals surface area contributed by atoms with Gasteiger partial charge in [-0.15, -0.1) is 0 Å². The third-order valence-corrected chi connectivity index (χ3v) is 6.49. The van der Waals surface area contributed by atoms with E-state index in [2.05, 4.69) is 11.9 Å². The van der Waals surface area contributed by atoms with Gasteiger partial charge < -0.3 is 14.5 Å². The molecule has 1 atom stereocenters. The van der Waals surface area contributed by atoms with E-state index in [9.17, 15) is 9.18 Å². The molecule has 2 heterocycles. The van der Waals surface area contributed by atoms with E-state index in [1.54, 1.807) is 12.1 Å². The number of rotatable bonds is 5. The highest BCUT2D eigenvalue weighted by Gasteiger charge is 2.47. The zero-order chi connectivity index (χ0) is 18.1. The molecule has 0 radical (unpaired) electrons. The van der Waals surface area contributed by atoms with Gasteiger partial charge in [0, 0.05) is 44.3 Å². The molecular weight excluding hydrogens is 331 g/mol.